The van der Waals surface area contributed by atoms with Gasteiger partial charge >= 0.3 is 0 Å². The molecule has 1 saturated heterocycles. The van der Waals surface area contributed by atoms with Crippen LogP contribution < -0.4 is 5.32 Å². The lowest BCUT2D eigenvalue weighted by Crippen LogP contribution is -2.31. The lowest BCUT2D eigenvalue weighted by molar-refractivity contribution is 0.322. The highest BCUT2D eigenvalue weighted by Crippen LogP contribution is 2.15. The van der Waals surface area contributed by atoms with Crippen LogP contribution in [0.25, 0.3) is 0 Å². The Bertz CT molecular complexity index is 331. The summed E-state index contributed by atoms with van der Waals surface area (Å²) in [6.45, 7) is 2.11. The normalized spacial score (nSPS) is 21.9. The van der Waals surface area contributed by atoms with Gasteiger partial charge in [0.25, 0.3) is 0 Å². The minimum Gasteiger partial charge on any atom is -0.368 e. The van der Waals surface area contributed by atoms with Crippen molar-refractivity contribution in [3.05, 3.63) is 17.5 Å². The van der Waals surface area contributed by atoms with Gasteiger partial charge in [-0.1, -0.05) is 11.6 Å². The molecule has 1 fully saturated rings. The molecule has 1 atom stereocenters. The Kier molecular flexibility index (Phi) is 3.38. The molecule has 4 nitrogen and oxygen atoms in total. The van der Waals surface area contributed by atoms with Gasteiger partial charge < -0.3 is 10.2 Å². The standard InChI is InChI=1S/C10H15ClN4/c1-15-4-2-3-8(15)6-12-10-5-9(11)13-7-14-10/h5,7-8H,2-4,6H2,1H3,(H,12,13,14). The zero-order valence-electron chi connectivity index (χ0n) is 8.78. The van der Waals surface area contributed by atoms with E-state index in [1.165, 1.54) is 25.7 Å². The topological polar surface area (TPSA) is 41.0 Å². The molecule has 82 valence electrons. The number of anilines is 1. The van der Waals surface area contributed by atoms with Crippen molar-refractivity contribution < 1.29 is 0 Å². The van der Waals surface area contributed by atoms with Crippen LogP contribution in [0.4, 0.5) is 5.82 Å². The smallest absolute Gasteiger partial charge is 0.134 e. The van der Waals surface area contributed by atoms with Crippen molar-refractivity contribution in [2.45, 2.75) is 18.9 Å². The van der Waals surface area contributed by atoms with Crippen molar-refractivity contribution in [2.24, 2.45) is 0 Å². The first-order chi connectivity index (χ1) is 7.25. The summed E-state index contributed by atoms with van der Waals surface area (Å²) >= 11 is 5.77. The number of likely N-dealkylation sites (tertiary alicyclic amines) is 1. The Hall–Kier alpha value is -0.870. The molecule has 0 radical (unpaired) electrons. The van der Waals surface area contributed by atoms with Crippen LogP contribution in [0, 0.1) is 0 Å². The number of rotatable bonds is 3. The molecule has 2 heterocycles. The molecule has 5 heteroatoms. The number of likely N-dealkylation sites (N-methyl/N-ethyl adjacent to an activating group) is 1. The average Bonchev–Trinajstić information content (AvgIpc) is 2.61. The summed E-state index contributed by atoms with van der Waals surface area (Å²) in [5, 5.41) is 3.76. The van der Waals surface area contributed by atoms with Gasteiger partial charge in [-0.2, -0.15) is 0 Å². The number of halogens is 1. The molecule has 0 aliphatic carbocycles. The van der Waals surface area contributed by atoms with E-state index in [0.717, 1.165) is 12.4 Å². The molecular weight excluding hydrogens is 212 g/mol. The van der Waals surface area contributed by atoms with Crippen LogP contribution >= 0.6 is 11.6 Å². The molecule has 1 aromatic heterocycles. The molecule has 0 spiro atoms. The fourth-order valence-corrected chi connectivity index (χ4v) is 2.04. The van der Waals surface area contributed by atoms with Crippen LogP contribution in [-0.4, -0.2) is 41.0 Å². The second-order valence-corrected chi connectivity index (χ2v) is 4.27. The first kappa shape index (κ1) is 10.6. The molecule has 2 rings (SSSR count). The molecule has 15 heavy (non-hydrogen) atoms. The van der Waals surface area contributed by atoms with Gasteiger partial charge in [-0.25, -0.2) is 9.97 Å². The fourth-order valence-electron chi connectivity index (χ4n) is 1.89. The lowest BCUT2D eigenvalue weighted by atomic mass is 10.2. The minimum absolute atomic E-state index is 0.479. The van der Waals surface area contributed by atoms with Crippen molar-refractivity contribution in [3.8, 4) is 0 Å². The maximum absolute atomic E-state index is 5.77. The highest BCUT2D eigenvalue weighted by Gasteiger charge is 2.20. The van der Waals surface area contributed by atoms with E-state index in [4.69, 9.17) is 11.6 Å². The molecule has 0 amide bonds. The van der Waals surface area contributed by atoms with Gasteiger partial charge in [-0.05, 0) is 26.4 Å². The van der Waals surface area contributed by atoms with Gasteiger partial charge in [-0.3, -0.25) is 0 Å². The second kappa shape index (κ2) is 4.77. The van der Waals surface area contributed by atoms with Crippen molar-refractivity contribution in [1.82, 2.24) is 14.9 Å². The van der Waals surface area contributed by atoms with E-state index < -0.39 is 0 Å². The molecule has 1 unspecified atom stereocenters. The molecule has 0 bridgehead atoms. The average molecular weight is 227 g/mol. The van der Waals surface area contributed by atoms with E-state index in [-0.39, 0.29) is 0 Å². The van der Waals surface area contributed by atoms with Crippen molar-refractivity contribution >= 4 is 17.4 Å². The number of nitrogens with zero attached hydrogens (tertiary/aromatic N) is 3. The fraction of sp³-hybridized carbons (Fsp3) is 0.600. The van der Waals surface area contributed by atoms with Gasteiger partial charge in [0.15, 0.2) is 0 Å². The molecule has 0 saturated carbocycles. The number of nitrogens with one attached hydrogen (secondary N) is 1. The molecule has 1 aliphatic rings. The van der Waals surface area contributed by atoms with Crippen LogP contribution in [0.5, 0.6) is 0 Å². The SMILES string of the molecule is CN1CCCC1CNc1cc(Cl)ncn1. The van der Waals surface area contributed by atoms with Crippen molar-refractivity contribution in [2.75, 3.05) is 25.5 Å². The van der Waals surface area contributed by atoms with Crippen LogP contribution in [0.2, 0.25) is 5.15 Å². The van der Waals surface area contributed by atoms with E-state index in [1.807, 2.05) is 0 Å². The maximum atomic E-state index is 5.77. The summed E-state index contributed by atoms with van der Waals surface area (Å²) in [4.78, 5) is 10.3. The van der Waals surface area contributed by atoms with Gasteiger partial charge in [0.1, 0.15) is 17.3 Å². The molecule has 1 aliphatic heterocycles. The van der Waals surface area contributed by atoms with Crippen molar-refractivity contribution in [3.63, 3.8) is 0 Å². The third-order valence-electron chi connectivity index (χ3n) is 2.82. The Morgan fingerprint density at radius 2 is 2.47 bits per heavy atom. The third kappa shape index (κ3) is 2.79. The van der Waals surface area contributed by atoms with E-state index in [0.29, 0.717) is 11.2 Å². The number of hydrogen-bond acceptors (Lipinski definition) is 4. The largest absolute Gasteiger partial charge is 0.368 e. The Morgan fingerprint density at radius 1 is 1.60 bits per heavy atom. The maximum Gasteiger partial charge on any atom is 0.134 e. The van der Waals surface area contributed by atoms with Crippen LogP contribution in [0.1, 0.15) is 12.8 Å². The summed E-state index contributed by atoms with van der Waals surface area (Å²) in [7, 11) is 2.16. The van der Waals surface area contributed by atoms with Crippen LogP contribution in [0.15, 0.2) is 12.4 Å². The third-order valence-corrected chi connectivity index (χ3v) is 3.03. The second-order valence-electron chi connectivity index (χ2n) is 3.88. The van der Waals surface area contributed by atoms with Gasteiger partial charge in [-0.15, -0.1) is 0 Å². The predicted octanol–water partition coefficient (Wildman–Crippen LogP) is 1.64. The van der Waals surface area contributed by atoms with Gasteiger partial charge in [0, 0.05) is 18.7 Å². The first-order valence-corrected chi connectivity index (χ1v) is 5.55. The Labute approximate surface area is 94.7 Å². The van der Waals surface area contributed by atoms with E-state index >= 15 is 0 Å². The van der Waals surface area contributed by atoms with E-state index in [9.17, 15) is 0 Å². The van der Waals surface area contributed by atoms with Gasteiger partial charge in [0.05, 0.1) is 0 Å². The Balaban J connectivity index is 1.87. The zero-order chi connectivity index (χ0) is 10.7. The summed E-state index contributed by atoms with van der Waals surface area (Å²) in [6.07, 6.45) is 4.01. The predicted molar refractivity (Wildman–Crippen MR) is 61.2 cm³/mol. The number of hydrogen-bond donors (Lipinski definition) is 1. The minimum atomic E-state index is 0.479. The summed E-state index contributed by atoms with van der Waals surface area (Å²) in [5.41, 5.74) is 0. The van der Waals surface area contributed by atoms with Crippen molar-refractivity contribution in [1.29, 1.82) is 0 Å². The zero-order valence-corrected chi connectivity index (χ0v) is 9.54. The number of aromatic nitrogens is 2. The molecule has 0 aromatic carbocycles. The lowest BCUT2D eigenvalue weighted by Gasteiger charge is -2.19. The highest BCUT2D eigenvalue weighted by molar-refractivity contribution is 6.29. The first-order valence-electron chi connectivity index (χ1n) is 5.17. The van der Waals surface area contributed by atoms with E-state index in [2.05, 4.69) is 27.2 Å². The molecule has 1 N–H and O–H groups in total. The summed E-state index contributed by atoms with van der Waals surface area (Å²) in [5.74, 6) is 0.801. The van der Waals surface area contributed by atoms with Crippen LogP contribution in [0.3, 0.4) is 0 Å². The Morgan fingerprint density at radius 3 is 3.13 bits per heavy atom. The monoisotopic (exact) mass is 226 g/mol. The molecular formula is C10H15ClN4. The summed E-state index contributed by atoms with van der Waals surface area (Å²) < 4.78 is 0. The van der Waals surface area contributed by atoms with E-state index in [1.54, 1.807) is 6.07 Å². The van der Waals surface area contributed by atoms with Crippen LogP contribution in [-0.2, 0) is 0 Å². The summed E-state index contributed by atoms with van der Waals surface area (Å²) in [6, 6.07) is 2.36. The highest BCUT2D eigenvalue weighted by atomic mass is 35.5. The van der Waals surface area contributed by atoms with Gasteiger partial charge in [0.2, 0.25) is 0 Å². The quantitative estimate of drug-likeness (QED) is 0.796. The molecule has 1 aromatic rings.